The first-order valence-corrected chi connectivity index (χ1v) is 10.2. The third kappa shape index (κ3) is 5.11. The molecule has 0 atom stereocenters. The third-order valence-electron chi connectivity index (χ3n) is 5.49. The van der Waals surface area contributed by atoms with Crippen LogP contribution < -0.4 is 20.7 Å². The van der Waals surface area contributed by atoms with Crippen LogP contribution in [-0.2, 0) is 4.74 Å². The van der Waals surface area contributed by atoms with Crippen LogP contribution in [0.2, 0.25) is 0 Å². The van der Waals surface area contributed by atoms with Crippen LogP contribution in [0.5, 0.6) is 5.88 Å². The van der Waals surface area contributed by atoms with Crippen LogP contribution >= 0.6 is 0 Å². The normalized spacial score (nSPS) is 22.7. The molecule has 2 heterocycles. The van der Waals surface area contributed by atoms with Crippen molar-refractivity contribution in [3.63, 3.8) is 0 Å². The van der Waals surface area contributed by atoms with Gasteiger partial charge < -0.3 is 25.4 Å². The summed E-state index contributed by atoms with van der Waals surface area (Å²) >= 11 is 0. The molecule has 0 unspecified atom stereocenters. The fourth-order valence-corrected chi connectivity index (χ4v) is 3.75. The summed E-state index contributed by atoms with van der Waals surface area (Å²) in [5.74, 6) is 1.72. The molecule has 0 amide bonds. The molecule has 0 spiro atoms. The minimum Gasteiger partial charge on any atom is -0.477 e. The van der Waals surface area contributed by atoms with Crippen molar-refractivity contribution in [1.82, 2.24) is 9.97 Å². The van der Waals surface area contributed by atoms with Crippen molar-refractivity contribution in [3.8, 4) is 5.88 Å². The Morgan fingerprint density at radius 3 is 2.57 bits per heavy atom. The van der Waals surface area contributed by atoms with Crippen LogP contribution in [0.15, 0.2) is 36.5 Å². The molecule has 2 fully saturated rings. The number of morpholine rings is 1. The van der Waals surface area contributed by atoms with E-state index in [9.17, 15) is 0 Å². The number of benzene rings is 1. The second kappa shape index (κ2) is 9.21. The number of hydrogen-bond acceptors (Lipinski definition) is 7. The fraction of sp³-hybridized carbons (Fsp3) is 0.524. The number of rotatable bonds is 6. The molecule has 2 aromatic rings. The molecule has 0 bridgehead atoms. The van der Waals surface area contributed by atoms with Gasteiger partial charge in [0.2, 0.25) is 11.8 Å². The summed E-state index contributed by atoms with van der Waals surface area (Å²) in [7, 11) is 0. The van der Waals surface area contributed by atoms with Crippen LogP contribution in [0.4, 0.5) is 17.3 Å². The Kier molecular flexibility index (Phi) is 6.24. The quantitative estimate of drug-likeness (QED) is 0.793. The summed E-state index contributed by atoms with van der Waals surface area (Å²) in [6, 6.07) is 10.5. The van der Waals surface area contributed by atoms with E-state index >= 15 is 0 Å². The highest BCUT2D eigenvalue weighted by molar-refractivity contribution is 5.59. The minimum atomic E-state index is 0.362. The van der Waals surface area contributed by atoms with Crippen molar-refractivity contribution in [2.45, 2.75) is 31.7 Å². The lowest BCUT2D eigenvalue weighted by Gasteiger charge is -2.28. The van der Waals surface area contributed by atoms with E-state index in [4.69, 9.17) is 15.2 Å². The first-order valence-electron chi connectivity index (χ1n) is 10.2. The first-order chi connectivity index (χ1) is 13.8. The van der Waals surface area contributed by atoms with Gasteiger partial charge in [0, 0.05) is 42.8 Å². The molecular formula is C21H29N5O2. The number of anilines is 3. The largest absolute Gasteiger partial charge is 0.477 e. The van der Waals surface area contributed by atoms with Gasteiger partial charge in [-0.05, 0) is 55.9 Å². The highest BCUT2D eigenvalue weighted by atomic mass is 16.5. The predicted molar refractivity (Wildman–Crippen MR) is 110 cm³/mol. The van der Waals surface area contributed by atoms with E-state index < -0.39 is 0 Å². The van der Waals surface area contributed by atoms with Crippen molar-refractivity contribution in [2.75, 3.05) is 43.1 Å². The van der Waals surface area contributed by atoms with Gasteiger partial charge in [-0.1, -0.05) is 0 Å². The van der Waals surface area contributed by atoms with Crippen LogP contribution in [0.3, 0.4) is 0 Å². The monoisotopic (exact) mass is 383 g/mol. The molecule has 4 rings (SSSR count). The van der Waals surface area contributed by atoms with Gasteiger partial charge in [-0.3, -0.25) is 0 Å². The van der Waals surface area contributed by atoms with Crippen molar-refractivity contribution < 1.29 is 9.47 Å². The summed E-state index contributed by atoms with van der Waals surface area (Å²) < 4.78 is 11.3. The number of nitrogens with one attached hydrogen (secondary N) is 1. The molecule has 1 aromatic carbocycles. The Bertz CT molecular complexity index is 741. The zero-order valence-corrected chi connectivity index (χ0v) is 16.2. The number of nitrogens with zero attached hydrogens (tertiary/aromatic N) is 3. The Labute approximate surface area is 166 Å². The Morgan fingerprint density at radius 1 is 1.07 bits per heavy atom. The highest BCUT2D eigenvalue weighted by Crippen LogP contribution is 2.24. The summed E-state index contributed by atoms with van der Waals surface area (Å²) in [4.78, 5) is 11.1. The molecule has 1 aromatic heterocycles. The second-order valence-corrected chi connectivity index (χ2v) is 7.58. The lowest BCUT2D eigenvalue weighted by atomic mass is 9.87. The van der Waals surface area contributed by atoms with Gasteiger partial charge in [0.05, 0.1) is 19.8 Å². The number of hydrogen-bond donors (Lipinski definition) is 2. The van der Waals surface area contributed by atoms with Gasteiger partial charge in [0.25, 0.3) is 0 Å². The standard InChI is InChI=1S/C21H29N5O2/c22-17-3-1-16(2-4-17)15-28-20-9-10-23-21(25-20)24-18-5-7-19(8-6-18)26-11-13-27-14-12-26/h5-10,16-17H,1-4,11-15,22H2,(H,23,24,25). The molecule has 1 aliphatic heterocycles. The average molecular weight is 383 g/mol. The zero-order valence-electron chi connectivity index (χ0n) is 16.2. The Morgan fingerprint density at radius 2 is 1.82 bits per heavy atom. The van der Waals surface area contributed by atoms with Gasteiger partial charge in [-0.25, -0.2) is 4.98 Å². The maximum atomic E-state index is 5.97. The van der Waals surface area contributed by atoms with Crippen LogP contribution in [0, 0.1) is 5.92 Å². The predicted octanol–water partition coefficient (Wildman–Crippen LogP) is 2.95. The van der Waals surface area contributed by atoms with E-state index in [1.54, 1.807) is 12.3 Å². The summed E-state index contributed by atoms with van der Waals surface area (Å²) in [5, 5.41) is 3.26. The smallest absolute Gasteiger partial charge is 0.230 e. The first kappa shape index (κ1) is 19.0. The van der Waals surface area contributed by atoms with E-state index in [0.717, 1.165) is 57.7 Å². The van der Waals surface area contributed by atoms with Gasteiger partial charge in [-0.2, -0.15) is 4.98 Å². The van der Waals surface area contributed by atoms with E-state index in [0.29, 0.717) is 30.4 Å². The van der Waals surface area contributed by atoms with Gasteiger partial charge in [0.1, 0.15) is 0 Å². The topological polar surface area (TPSA) is 85.5 Å². The van der Waals surface area contributed by atoms with Gasteiger partial charge in [-0.15, -0.1) is 0 Å². The van der Waals surface area contributed by atoms with Crippen molar-refractivity contribution in [2.24, 2.45) is 11.7 Å². The Balaban J connectivity index is 1.31. The van der Waals surface area contributed by atoms with Crippen LogP contribution in [0.25, 0.3) is 0 Å². The maximum Gasteiger partial charge on any atom is 0.230 e. The van der Waals surface area contributed by atoms with E-state index in [2.05, 4.69) is 32.3 Å². The highest BCUT2D eigenvalue weighted by Gasteiger charge is 2.19. The summed E-state index contributed by atoms with van der Waals surface area (Å²) in [5.41, 5.74) is 8.13. The van der Waals surface area contributed by atoms with E-state index in [-0.39, 0.29) is 0 Å². The van der Waals surface area contributed by atoms with Crippen LogP contribution in [0.1, 0.15) is 25.7 Å². The van der Waals surface area contributed by atoms with Gasteiger partial charge >= 0.3 is 0 Å². The molecule has 1 aliphatic carbocycles. The molecule has 150 valence electrons. The minimum absolute atomic E-state index is 0.362. The summed E-state index contributed by atoms with van der Waals surface area (Å²) in [6.07, 6.45) is 6.17. The molecule has 1 saturated carbocycles. The van der Waals surface area contributed by atoms with E-state index in [1.165, 1.54) is 5.69 Å². The number of aromatic nitrogens is 2. The van der Waals surface area contributed by atoms with Crippen molar-refractivity contribution >= 4 is 17.3 Å². The molecule has 28 heavy (non-hydrogen) atoms. The van der Waals surface area contributed by atoms with E-state index in [1.807, 2.05) is 12.1 Å². The molecule has 3 N–H and O–H groups in total. The van der Waals surface area contributed by atoms with Gasteiger partial charge in [0.15, 0.2) is 0 Å². The molecule has 7 heteroatoms. The SMILES string of the molecule is NC1CCC(COc2ccnc(Nc3ccc(N4CCOCC4)cc3)n2)CC1. The number of ether oxygens (including phenoxy) is 2. The van der Waals surface area contributed by atoms with Crippen molar-refractivity contribution in [3.05, 3.63) is 36.5 Å². The summed E-state index contributed by atoms with van der Waals surface area (Å²) in [6.45, 7) is 4.13. The molecule has 0 radical (unpaired) electrons. The zero-order chi connectivity index (χ0) is 19.2. The molecule has 2 aliphatic rings. The lowest BCUT2D eigenvalue weighted by molar-refractivity contribution is 0.122. The third-order valence-corrected chi connectivity index (χ3v) is 5.49. The maximum absolute atomic E-state index is 5.97. The molecule has 7 nitrogen and oxygen atoms in total. The molecule has 1 saturated heterocycles. The second-order valence-electron chi connectivity index (χ2n) is 7.58. The van der Waals surface area contributed by atoms with Crippen molar-refractivity contribution in [1.29, 1.82) is 0 Å². The lowest BCUT2D eigenvalue weighted by Crippen LogP contribution is -2.36. The van der Waals surface area contributed by atoms with Crippen LogP contribution in [-0.4, -0.2) is 48.9 Å². The molecular weight excluding hydrogens is 354 g/mol. The number of nitrogens with two attached hydrogens (primary N) is 1. The fourth-order valence-electron chi connectivity index (χ4n) is 3.75. The Hall–Kier alpha value is -2.38. The average Bonchev–Trinajstić information content (AvgIpc) is 2.75.